The molecule has 1 atom stereocenters. The zero-order valence-corrected chi connectivity index (χ0v) is 11.9. The van der Waals surface area contributed by atoms with E-state index in [1.165, 1.54) is 12.8 Å². The Kier molecular flexibility index (Phi) is 4.06. The molecule has 0 radical (unpaired) electrons. The molecule has 1 aliphatic carbocycles. The number of hydrogen-bond acceptors (Lipinski definition) is 2. The maximum absolute atomic E-state index is 10.9. The van der Waals surface area contributed by atoms with Gasteiger partial charge >= 0.3 is 0 Å². The molecule has 0 amide bonds. The van der Waals surface area contributed by atoms with Gasteiger partial charge in [0.15, 0.2) is 0 Å². The average molecular weight is 260 g/mol. The van der Waals surface area contributed by atoms with E-state index in [1.54, 1.807) is 0 Å². The minimum Gasteiger partial charge on any atom is -0.389 e. The number of alkyl halides is 1. The summed E-state index contributed by atoms with van der Waals surface area (Å²) in [5.74, 6) is 0.673. The summed E-state index contributed by atoms with van der Waals surface area (Å²) in [6.07, 6.45) is 6.49. The van der Waals surface area contributed by atoms with Crippen LogP contribution < -0.4 is 5.32 Å². The Morgan fingerprint density at radius 1 is 1.24 bits per heavy atom. The van der Waals surface area contributed by atoms with E-state index in [1.807, 2.05) is 0 Å². The first-order chi connectivity index (χ1) is 7.93. The van der Waals surface area contributed by atoms with Crippen molar-refractivity contribution in [1.82, 2.24) is 5.32 Å². The molecule has 2 nitrogen and oxygen atoms in total. The number of aliphatic hydroxyl groups is 1. The van der Waals surface area contributed by atoms with Crippen molar-refractivity contribution in [1.29, 1.82) is 0 Å². The lowest BCUT2D eigenvalue weighted by atomic mass is 9.65. The standard InChI is InChI=1S/C14H26ClNO/c1-13(2)10-16-8-7-14(13,17)9-11-3-5-12(15)6-4-11/h11-12,16-17H,3-10H2,1-2H3. The van der Waals surface area contributed by atoms with Crippen molar-refractivity contribution < 1.29 is 5.11 Å². The summed E-state index contributed by atoms with van der Waals surface area (Å²) in [5.41, 5.74) is -0.495. The maximum Gasteiger partial charge on any atom is 0.0725 e. The third kappa shape index (κ3) is 2.97. The van der Waals surface area contributed by atoms with Crippen LogP contribution in [-0.2, 0) is 0 Å². The fourth-order valence-corrected chi connectivity index (χ4v) is 3.63. The van der Waals surface area contributed by atoms with Crippen molar-refractivity contribution >= 4 is 11.6 Å². The van der Waals surface area contributed by atoms with E-state index < -0.39 is 5.60 Å². The Hall–Kier alpha value is 0.210. The van der Waals surface area contributed by atoms with E-state index in [-0.39, 0.29) is 5.41 Å². The van der Waals surface area contributed by atoms with Gasteiger partial charge in [-0.15, -0.1) is 11.6 Å². The molecule has 2 rings (SSSR count). The monoisotopic (exact) mass is 259 g/mol. The summed E-state index contributed by atoms with van der Waals surface area (Å²) in [7, 11) is 0. The molecule has 17 heavy (non-hydrogen) atoms. The van der Waals surface area contributed by atoms with Gasteiger partial charge in [0.25, 0.3) is 0 Å². The number of nitrogens with one attached hydrogen (secondary N) is 1. The molecule has 2 aliphatic rings. The first-order valence-electron chi connectivity index (χ1n) is 7.00. The minimum absolute atomic E-state index is 0.0108. The van der Waals surface area contributed by atoms with Crippen LogP contribution in [0.15, 0.2) is 0 Å². The second kappa shape index (κ2) is 5.07. The summed E-state index contributed by atoms with van der Waals surface area (Å²) in [6, 6.07) is 0. The van der Waals surface area contributed by atoms with Crippen molar-refractivity contribution in [3.8, 4) is 0 Å². The topological polar surface area (TPSA) is 32.3 Å². The average Bonchev–Trinajstić information content (AvgIpc) is 2.26. The molecule has 0 aromatic carbocycles. The predicted octanol–water partition coefficient (Wildman–Crippen LogP) is 2.92. The molecular weight excluding hydrogens is 234 g/mol. The van der Waals surface area contributed by atoms with Crippen LogP contribution in [0.1, 0.15) is 52.4 Å². The fraction of sp³-hybridized carbons (Fsp3) is 1.00. The molecule has 0 aromatic heterocycles. The van der Waals surface area contributed by atoms with Crippen molar-refractivity contribution in [2.75, 3.05) is 13.1 Å². The molecule has 0 aromatic rings. The van der Waals surface area contributed by atoms with Gasteiger partial charge in [0.1, 0.15) is 0 Å². The van der Waals surface area contributed by atoms with E-state index in [2.05, 4.69) is 19.2 Å². The Bertz CT molecular complexity index is 261. The Labute approximate surface area is 110 Å². The van der Waals surface area contributed by atoms with Crippen molar-refractivity contribution in [2.24, 2.45) is 11.3 Å². The molecule has 1 aliphatic heterocycles. The van der Waals surface area contributed by atoms with E-state index in [0.717, 1.165) is 38.8 Å². The van der Waals surface area contributed by atoms with Crippen LogP contribution in [-0.4, -0.2) is 29.2 Å². The van der Waals surface area contributed by atoms with Gasteiger partial charge in [0, 0.05) is 17.3 Å². The molecule has 100 valence electrons. The smallest absolute Gasteiger partial charge is 0.0725 e. The van der Waals surface area contributed by atoms with Crippen LogP contribution >= 0.6 is 11.6 Å². The first-order valence-corrected chi connectivity index (χ1v) is 7.44. The minimum atomic E-state index is -0.484. The summed E-state index contributed by atoms with van der Waals surface area (Å²) in [6.45, 7) is 6.25. The second-order valence-corrected chi connectivity index (χ2v) is 7.28. The van der Waals surface area contributed by atoms with Gasteiger partial charge < -0.3 is 10.4 Å². The molecule has 0 spiro atoms. The third-order valence-corrected chi connectivity index (χ3v) is 5.38. The fourth-order valence-electron chi connectivity index (χ4n) is 3.38. The molecule has 1 unspecified atom stereocenters. The van der Waals surface area contributed by atoms with Gasteiger partial charge in [-0.05, 0) is 51.0 Å². The lowest BCUT2D eigenvalue weighted by Gasteiger charge is -2.48. The number of hydrogen-bond donors (Lipinski definition) is 2. The van der Waals surface area contributed by atoms with E-state index >= 15 is 0 Å². The lowest BCUT2D eigenvalue weighted by molar-refractivity contribution is -0.105. The highest BCUT2D eigenvalue weighted by molar-refractivity contribution is 6.20. The summed E-state index contributed by atoms with van der Waals surface area (Å²) in [4.78, 5) is 0. The summed E-state index contributed by atoms with van der Waals surface area (Å²) >= 11 is 6.14. The van der Waals surface area contributed by atoms with E-state index in [0.29, 0.717) is 11.3 Å². The van der Waals surface area contributed by atoms with Crippen LogP contribution in [0.25, 0.3) is 0 Å². The Morgan fingerprint density at radius 3 is 2.47 bits per heavy atom. The van der Waals surface area contributed by atoms with Gasteiger partial charge in [-0.2, -0.15) is 0 Å². The highest BCUT2D eigenvalue weighted by Gasteiger charge is 2.46. The Balaban J connectivity index is 1.96. The molecule has 1 saturated carbocycles. The summed E-state index contributed by atoms with van der Waals surface area (Å²) < 4.78 is 0. The van der Waals surface area contributed by atoms with Crippen molar-refractivity contribution in [3.05, 3.63) is 0 Å². The van der Waals surface area contributed by atoms with Gasteiger partial charge in [-0.3, -0.25) is 0 Å². The molecule has 1 saturated heterocycles. The van der Waals surface area contributed by atoms with Gasteiger partial charge in [-0.25, -0.2) is 0 Å². The SMILES string of the molecule is CC1(C)CNCCC1(O)CC1CCC(Cl)CC1. The van der Waals surface area contributed by atoms with Crippen LogP contribution in [0, 0.1) is 11.3 Å². The molecule has 3 heteroatoms. The second-order valence-electron chi connectivity index (χ2n) is 6.66. The quantitative estimate of drug-likeness (QED) is 0.748. The number of rotatable bonds is 2. The van der Waals surface area contributed by atoms with Crippen LogP contribution in [0.2, 0.25) is 0 Å². The summed E-state index contributed by atoms with van der Waals surface area (Å²) in [5, 5.41) is 14.7. The van der Waals surface area contributed by atoms with Crippen molar-refractivity contribution in [3.63, 3.8) is 0 Å². The highest BCUT2D eigenvalue weighted by atomic mass is 35.5. The molecular formula is C14H26ClNO. The highest BCUT2D eigenvalue weighted by Crippen LogP contribution is 2.43. The number of piperidine rings is 1. The van der Waals surface area contributed by atoms with Crippen molar-refractivity contribution in [2.45, 2.75) is 63.4 Å². The normalized spacial score (nSPS) is 42.4. The largest absolute Gasteiger partial charge is 0.389 e. The Morgan fingerprint density at radius 2 is 1.88 bits per heavy atom. The molecule has 2 N–H and O–H groups in total. The van der Waals surface area contributed by atoms with Crippen LogP contribution in [0.3, 0.4) is 0 Å². The molecule has 2 fully saturated rings. The first kappa shape index (κ1) is 13.6. The predicted molar refractivity (Wildman–Crippen MR) is 72.4 cm³/mol. The van der Waals surface area contributed by atoms with Gasteiger partial charge in [-0.1, -0.05) is 13.8 Å². The molecule has 1 heterocycles. The zero-order chi connectivity index (χ0) is 12.5. The zero-order valence-electron chi connectivity index (χ0n) is 11.1. The van der Waals surface area contributed by atoms with Crippen LogP contribution in [0.5, 0.6) is 0 Å². The lowest BCUT2D eigenvalue weighted by Crippen LogP contribution is -2.56. The van der Waals surface area contributed by atoms with E-state index in [4.69, 9.17) is 11.6 Å². The maximum atomic E-state index is 10.9. The molecule has 0 bridgehead atoms. The van der Waals surface area contributed by atoms with Crippen LogP contribution in [0.4, 0.5) is 0 Å². The van der Waals surface area contributed by atoms with Gasteiger partial charge in [0.2, 0.25) is 0 Å². The van der Waals surface area contributed by atoms with E-state index in [9.17, 15) is 5.11 Å². The van der Waals surface area contributed by atoms with Gasteiger partial charge in [0.05, 0.1) is 5.60 Å². The number of halogens is 1. The third-order valence-electron chi connectivity index (χ3n) is 4.94.